The third-order valence-corrected chi connectivity index (χ3v) is 6.87. The second-order valence-electron chi connectivity index (χ2n) is 9.05. The summed E-state index contributed by atoms with van der Waals surface area (Å²) in [6.07, 6.45) is 13.3. The second kappa shape index (κ2) is 9.19. The van der Waals surface area contributed by atoms with E-state index >= 15 is 0 Å². The van der Waals surface area contributed by atoms with Crippen molar-refractivity contribution < 1.29 is 4.42 Å². The Labute approximate surface area is 195 Å². The number of nitrogens with zero attached hydrogens (tertiary/aromatic N) is 2. The van der Waals surface area contributed by atoms with E-state index in [1.165, 1.54) is 42.4 Å². The summed E-state index contributed by atoms with van der Waals surface area (Å²) < 4.78 is 6.23. The van der Waals surface area contributed by atoms with Crippen LogP contribution >= 0.6 is 0 Å². The summed E-state index contributed by atoms with van der Waals surface area (Å²) in [6, 6.07) is 17.5. The van der Waals surface area contributed by atoms with Crippen LogP contribution in [0.4, 0.5) is 0 Å². The zero-order chi connectivity index (χ0) is 22.8. The molecule has 4 aromatic rings. The molecule has 5 rings (SSSR count). The van der Waals surface area contributed by atoms with Crippen LogP contribution in [-0.2, 0) is 0 Å². The lowest BCUT2D eigenvalue weighted by Crippen LogP contribution is -1.93. The first kappa shape index (κ1) is 21.4. The molecule has 2 heterocycles. The molecule has 1 aliphatic carbocycles. The number of hydrogen-bond donors (Lipinski definition) is 0. The fourth-order valence-electron chi connectivity index (χ4n) is 5.16. The summed E-state index contributed by atoms with van der Waals surface area (Å²) in [4.78, 5) is 8.62. The number of fused-ring (bicyclic) bond motifs is 3. The van der Waals surface area contributed by atoms with Gasteiger partial charge in [-0.15, -0.1) is 0 Å². The molecule has 166 valence electrons. The van der Waals surface area contributed by atoms with Crippen LogP contribution in [0.1, 0.15) is 60.8 Å². The van der Waals surface area contributed by atoms with Gasteiger partial charge < -0.3 is 4.42 Å². The molecule has 1 fully saturated rings. The van der Waals surface area contributed by atoms with Gasteiger partial charge in [-0.1, -0.05) is 55.3 Å². The van der Waals surface area contributed by atoms with E-state index < -0.39 is 0 Å². The van der Waals surface area contributed by atoms with E-state index in [9.17, 15) is 0 Å². The van der Waals surface area contributed by atoms with E-state index in [1.807, 2.05) is 12.3 Å². The van der Waals surface area contributed by atoms with E-state index in [2.05, 4.69) is 78.4 Å². The number of furan rings is 1. The molecule has 1 aliphatic rings. The minimum atomic E-state index is 0.684. The molecule has 0 unspecified atom stereocenters. The number of pyridine rings is 1. The summed E-state index contributed by atoms with van der Waals surface area (Å²) >= 11 is 0. The maximum Gasteiger partial charge on any atom is 0.227 e. The van der Waals surface area contributed by atoms with E-state index in [-0.39, 0.29) is 0 Å². The van der Waals surface area contributed by atoms with Crippen molar-refractivity contribution in [2.75, 3.05) is 7.05 Å². The van der Waals surface area contributed by atoms with E-state index in [0.29, 0.717) is 5.71 Å². The van der Waals surface area contributed by atoms with Gasteiger partial charge in [0.25, 0.3) is 0 Å². The Kier molecular flexibility index (Phi) is 5.95. The first-order valence-corrected chi connectivity index (χ1v) is 11.8. The Balaban J connectivity index is 1.58. The van der Waals surface area contributed by atoms with Crippen molar-refractivity contribution in [3.8, 4) is 0 Å². The number of rotatable bonds is 5. The molecule has 3 nitrogen and oxygen atoms in total. The van der Waals surface area contributed by atoms with E-state index in [0.717, 1.165) is 39.0 Å². The first-order valence-electron chi connectivity index (χ1n) is 11.8. The van der Waals surface area contributed by atoms with Gasteiger partial charge in [-0.2, -0.15) is 0 Å². The van der Waals surface area contributed by atoms with Gasteiger partial charge in [-0.3, -0.25) is 4.99 Å². The summed E-state index contributed by atoms with van der Waals surface area (Å²) in [5, 5.41) is 2.16. The molecule has 2 aromatic carbocycles. The largest absolute Gasteiger partial charge is 0.437 e. The monoisotopic (exact) mass is 434 g/mol. The standard InChI is InChI=1S/C30H30N2O/c1-20-10-15-26-27-9-6-17-32-30(27)33-29(26)28(20)21(2)19-25(16-18-31-3)24-13-11-23(12-14-24)22-7-4-5-8-22/h6,9-19,22H,4-5,7-8H2,1-3H3/b21-19+,25-16+,31-18+. The summed E-state index contributed by atoms with van der Waals surface area (Å²) in [7, 11) is 1.81. The fourth-order valence-corrected chi connectivity index (χ4v) is 5.16. The first-order chi connectivity index (χ1) is 16.2. The molecule has 0 N–H and O–H groups in total. The Morgan fingerprint density at radius 2 is 1.82 bits per heavy atom. The maximum absolute atomic E-state index is 6.23. The summed E-state index contributed by atoms with van der Waals surface area (Å²) in [6.45, 7) is 4.30. The van der Waals surface area contributed by atoms with E-state index in [4.69, 9.17) is 4.42 Å². The third-order valence-electron chi connectivity index (χ3n) is 6.87. The topological polar surface area (TPSA) is 38.4 Å². The van der Waals surface area contributed by atoms with Gasteiger partial charge >= 0.3 is 0 Å². The minimum absolute atomic E-state index is 0.684. The fraction of sp³-hybridized carbons (Fsp3) is 0.267. The molecule has 0 bridgehead atoms. The highest BCUT2D eigenvalue weighted by Crippen LogP contribution is 2.37. The number of aryl methyl sites for hydroxylation is 1. The molecule has 3 heteroatoms. The average Bonchev–Trinajstić information content (AvgIpc) is 3.50. The predicted octanol–water partition coefficient (Wildman–Crippen LogP) is 8.13. The molecule has 0 atom stereocenters. The van der Waals surface area contributed by atoms with Crippen molar-refractivity contribution in [1.82, 2.24) is 4.98 Å². The molecule has 2 aromatic heterocycles. The van der Waals surface area contributed by atoms with E-state index in [1.54, 1.807) is 13.2 Å². The molecule has 0 aliphatic heterocycles. The molecule has 0 saturated heterocycles. The Bertz CT molecular complexity index is 1380. The van der Waals surface area contributed by atoms with Gasteiger partial charge in [0.15, 0.2) is 0 Å². The number of allylic oxidation sites excluding steroid dienone is 4. The number of aliphatic imine (C=N–C) groups is 1. The quantitative estimate of drug-likeness (QED) is 0.235. The lowest BCUT2D eigenvalue weighted by Gasteiger charge is -2.12. The highest BCUT2D eigenvalue weighted by molar-refractivity contribution is 6.08. The van der Waals surface area contributed by atoms with Crippen molar-refractivity contribution in [2.24, 2.45) is 4.99 Å². The SMILES string of the molecule is C/N=C/C=C(\C=C(/C)c1c(C)ccc2c1oc1ncccc12)c1ccc(C2CCCC2)cc1. The highest BCUT2D eigenvalue weighted by atomic mass is 16.3. The number of aromatic nitrogens is 1. The third kappa shape index (κ3) is 4.16. The maximum atomic E-state index is 6.23. The zero-order valence-electron chi connectivity index (χ0n) is 19.6. The molecular weight excluding hydrogens is 404 g/mol. The molecule has 1 saturated carbocycles. The Morgan fingerprint density at radius 1 is 1.03 bits per heavy atom. The van der Waals surface area contributed by atoms with Gasteiger partial charge in [0.05, 0.1) is 0 Å². The van der Waals surface area contributed by atoms with Crippen LogP contribution < -0.4 is 0 Å². The van der Waals surface area contributed by atoms with Crippen molar-refractivity contribution in [2.45, 2.75) is 45.4 Å². The van der Waals surface area contributed by atoms with Crippen LogP contribution in [0.3, 0.4) is 0 Å². The molecular formula is C30H30N2O. The smallest absolute Gasteiger partial charge is 0.227 e. The van der Waals surface area contributed by atoms with Crippen LogP contribution in [0.5, 0.6) is 0 Å². The predicted molar refractivity (Wildman–Crippen MR) is 140 cm³/mol. The molecule has 0 amide bonds. The van der Waals surface area contributed by atoms with Crippen molar-refractivity contribution in [3.63, 3.8) is 0 Å². The summed E-state index contributed by atoms with van der Waals surface area (Å²) in [5.74, 6) is 0.725. The number of benzene rings is 2. The Morgan fingerprint density at radius 3 is 2.58 bits per heavy atom. The van der Waals surface area contributed by atoms with Crippen molar-refractivity contribution in [3.05, 3.63) is 89.1 Å². The van der Waals surface area contributed by atoms with Crippen molar-refractivity contribution in [1.29, 1.82) is 0 Å². The lowest BCUT2D eigenvalue weighted by molar-refractivity contribution is 0.652. The zero-order valence-corrected chi connectivity index (χ0v) is 19.6. The number of hydrogen-bond acceptors (Lipinski definition) is 3. The Hall–Kier alpha value is -3.46. The average molecular weight is 435 g/mol. The second-order valence-corrected chi connectivity index (χ2v) is 9.05. The summed E-state index contributed by atoms with van der Waals surface area (Å²) in [5.41, 5.74) is 8.88. The molecule has 0 spiro atoms. The molecule has 0 radical (unpaired) electrons. The lowest BCUT2D eigenvalue weighted by atomic mass is 9.93. The van der Waals surface area contributed by atoms with Gasteiger partial charge in [-0.05, 0) is 78.7 Å². The highest BCUT2D eigenvalue weighted by Gasteiger charge is 2.17. The van der Waals surface area contributed by atoms with Crippen molar-refractivity contribution >= 4 is 39.4 Å². The van der Waals surface area contributed by atoms with Crippen LogP contribution in [0.25, 0.3) is 33.2 Å². The van der Waals surface area contributed by atoms with Gasteiger partial charge in [0.1, 0.15) is 5.58 Å². The van der Waals surface area contributed by atoms with Crippen LogP contribution in [-0.4, -0.2) is 18.2 Å². The van der Waals surface area contributed by atoms with Gasteiger partial charge in [0.2, 0.25) is 5.71 Å². The van der Waals surface area contributed by atoms with Gasteiger partial charge in [0, 0.05) is 35.8 Å². The minimum Gasteiger partial charge on any atom is -0.437 e. The van der Waals surface area contributed by atoms with Crippen LogP contribution in [0.2, 0.25) is 0 Å². The van der Waals surface area contributed by atoms with Crippen LogP contribution in [0, 0.1) is 6.92 Å². The van der Waals surface area contributed by atoms with Gasteiger partial charge in [-0.25, -0.2) is 4.98 Å². The molecule has 33 heavy (non-hydrogen) atoms. The normalized spacial score (nSPS) is 16.0. The van der Waals surface area contributed by atoms with Crippen LogP contribution in [0.15, 0.2) is 76.3 Å².